The van der Waals surface area contributed by atoms with E-state index >= 15 is 0 Å². The van der Waals surface area contributed by atoms with Gasteiger partial charge in [0.1, 0.15) is 10.4 Å². The lowest BCUT2D eigenvalue weighted by molar-refractivity contribution is -0.125. The van der Waals surface area contributed by atoms with E-state index in [1.165, 1.54) is 19.1 Å². The molecule has 0 spiro atoms. The minimum atomic E-state index is -1.15. The van der Waals surface area contributed by atoms with Crippen LogP contribution < -0.4 is 10.2 Å². The second kappa shape index (κ2) is 5.84. The van der Waals surface area contributed by atoms with Crippen LogP contribution in [0.5, 0.6) is 0 Å². The molecular weight excluding hydrogens is 306 g/mol. The Morgan fingerprint density at radius 1 is 1.50 bits per heavy atom. The Bertz CT molecular complexity index is 595. The number of rotatable bonds is 2. The van der Waals surface area contributed by atoms with Crippen molar-refractivity contribution in [3.05, 3.63) is 29.8 Å². The van der Waals surface area contributed by atoms with E-state index < -0.39 is 23.6 Å². The SMILES string of the molecule is CC(=O)NC1CSC(=S)N(c2cccc(F)c2F)C1=O. The maximum absolute atomic E-state index is 13.8. The predicted molar refractivity (Wildman–Crippen MR) is 76.5 cm³/mol. The molecule has 1 aromatic rings. The van der Waals surface area contributed by atoms with E-state index in [1.807, 2.05) is 0 Å². The summed E-state index contributed by atoms with van der Waals surface area (Å²) >= 11 is 6.14. The molecule has 1 fully saturated rings. The summed E-state index contributed by atoms with van der Waals surface area (Å²) in [5, 5.41) is 2.46. The largest absolute Gasteiger partial charge is 0.344 e. The zero-order chi connectivity index (χ0) is 14.9. The molecule has 1 aliphatic heterocycles. The second-order valence-corrected chi connectivity index (χ2v) is 5.73. The average molecular weight is 316 g/mol. The smallest absolute Gasteiger partial charge is 0.256 e. The summed E-state index contributed by atoms with van der Waals surface area (Å²) in [6.45, 7) is 1.28. The molecule has 0 bridgehead atoms. The van der Waals surface area contributed by atoms with Gasteiger partial charge in [-0.2, -0.15) is 0 Å². The highest BCUT2D eigenvalue weighted by Gasteiger charge is 2.36. The number of thiocarbonyl (C=S) groups is 1. The number of halogens is 2. The van der Waals surface area contributed by atoms with E-state index in [0.29, 0.717) is 0 Å². The van der Waals surface area contributed by atoms with Crippen LogP contribution in [0.1, 0.15) is 6.92 Å². The molecule has 2 amide bonds. The summed E-state index contributed by atoms with van der Waals surface area (Å²) in [6, 6.07) is 2.69. The maximum Gasteiger partial charge on any atom is 0.256 e. The Hall–Kier alpha value is -1.54. The zero-order valence-corrected chi connectivity index (χ0v) is 12.0. The number of nitrogens with zero attached hydrogens (tertiary/aromatic N) is 1. The lowest BCUT2D eigenvalue weighted by Gasteiger charge is -2.32. The van der Waals surface area contributed by atoms with Crippen molar-refractivity contribution in [1.82, 2.24) is 5.32 Å². The first-order valence-electron chi connectivity index (χ1n) is 5.63. The Balaban J connectivity index is 2.37. The van der Waals surface area contributed by atoms with Gasteiger partial charge in [0.15, 0.2) is 11.6 Å². The second-order valence-electron chi connectivity index (χ2n) is 4.08. The van der Waals surface area contributed by atoms with Crippen molar-refractivity contribution >= 4 is 45.8 Å². The third kappa shape index (κ3) is 2.80. The Labute approximate surface area is 123 Å². The topological polar surface area (TPSA) is 49.4 Å². The van der Waals surface area contributed by atoms with Crippen molar-refractivity contribution in [3.8, 4) is 0 Å². The lowest BCUT2D eigenvalue weighted by Crippen LogP contribution is -2.54. The highest BCUT2D eigenvalue weighted by atomic mass is 32.2. The van der Waals surface area contributed by atoms with Gasteiger partial charge in [0.05, 0.1) is 5.69 Å². The number of hydrogen-bond donors (Lipinski definition) is 1. The third-order valence-corrected chi connectivity index (χ3v) is 4.09. The molecule has 1 aliphatic rings. The molecule has 1 heterocycles. The summed E-state index contributed by atoms with van der Waals surface area (Å²) in [4.78, 5) is 24.2. The van der Waals surface area contributed by atoms with Gasteiger partial charge in [0.25, 0.3) is 5.91 Å². The summed E-state index contributed by atoms with van der Waals surface area (Å²) in [5.41, 5.74) is -0.248. The number of thioether (sulfide) groups is 1. The number of anilines is 1. The predicted octanol–water partition coefficient (Wildman–Crippen LogP) is 1.83. The number of nitrogens with one attached hydrogen (secondary N) is 1. The molecule has 1 unspecified atom stereocenters. The molecule has 0 saturated carbocycles. The average Bonchev–Trinajstić information content (AvgIpc) is 2.37. The van der Waals surface area contributed by atoms with Crippen LogP contribution in [0.25, 0.3) is 0 Å². The highest BCUT2D eigenvalue weighted by molar-refractivity contribution is 8.23. The number of carbonyl (C=O) groups is 2. The molecule has 1 aromatic carbocycles. The first-order valence-corrected chi connectivity index (χ1v) is 7.03. The molecule has 1 N–H and O–H groups in total. The monoisotopic (exact) mass is 316 g/mol. The molecule has 2 rings (SSSR count). The van der Waals surface area contributed by atoms with Crippen molar-refractivity contribution < 1.29 is 18.4 Å². The van der Waals surface area contributed by atoms with E-state index in [0.717, 1.165) is 22.7 Å². The lowest BCUT2D eigenvalue weighted by atomic mass is 10.2. The summed E-state index contributed by atoms with van der Waals surface area (Å²) < 4.78 is 27.2. The van der Waals surface area contributed by atoms with Gasteiger partial charge in [-0.3, -0.25) is 14.5 Å². The van der Waals surface area contributed by atoms with Crippen molar-refractivity contribution in [2.24, 2.45) is 0 Å². The third-order valence-electron chi connectivity index (χ3n) is 2.62. The first kappa shape index (κ1) is 14.9. The molecule has 0 aromatic heterocycles. The van der Waals surface area contributed by atoms with Crippen molar-refractivity contribution in [2.45, 2.75) is 13.0 Å². The Morgan fingerprint density at radius 3 is 2.85 bits per heavy atom. The van der Waals surface area contributed by atoms with Crippen LogP contribution in [0.2, 0.25) is 0 Å². The number of hydrogen-bond acceptors (Lipinski definition) is 4. The Morgan fingerprint density at radius 2 is 2.20 bits per heavy atom. The maximum atomic E-state index is 13.8. The molecule has 0 radical (unpaired) electrons. The van der Waals surface area contributed by atoms with E-state index in [2.05, 4.69) is 5.32 Å². The van der Waals surface area contributed by atoms with Crippen LogP contribution >= 0.6 is 24.0 Å². The number of benzene rings is 1. The van der Waals surface area contributed by atoms with Gasteiger partial charge in [-0.1, -0.05) is 30.0 Å². The van der Waals surface area contributed by atoms with E-state index in [-0.39, 0.29) is 21.7 Å². The quantitative estimate of drug-likeness (QED) is 0.846. The van der Waals surface area contributed by atoms with E-state index in [9.17, 15) is 18.4 Å². The van der Waals surface area contributed by atoms with Gasteiger partial charge in [-0.05, 0) is 12.1 Å². The summed E-state index contributed by atoms with van der Waals surface area (Å²) in [7, 11) is 0. The van der Waals surface area contributed by atoms with Crippen molar-refractivity contribution in [1.29, 1.82) is 0 Å². The van der Waals surface area contributed by atoms with Gasteiger partial charge in [0, 0.05) is 12.7 Å². The zero-order valence-electron chi connectivity index (χ0n) is 10.4. The fourth-order valence-corrected chi connectivity index (χ4v) is 3.01. The minimum Gasteiger partial charge on any atom is -0.344 e. The summed E-state index contributed by atoms with van der Waals surface area (Å²) in [5.74, 6) is -2.90. The van der Waals surface area contributed by atoms with Gasteiger partial charge >= 0.3 is 0 Å². The fourth-order valence-electron chi connectivity index (χ4n) is 1.77. The Kier molecular flexibility index (Phi) is 4.34. The molecule has 1 atom stereocenters. The van der Waals surface area contributed by atoms with Gasteiger partial charge < -0.3 is 5.32 Å². The van der Waals surface area contributed by atoms with Crippen LogP contribution in [0, 0.1) is 11.6 Å². The van der Waals surface area contributed by atoms with E-state index in [4.69, 9.17) is 12.2 Å². The molecular formula is C12H10F2N2O2S2. The standard InChI is InChI=1S/C12H10F2N2O2S2/c1-6(17)15-8-5-20-12(19)16(11(8)18)9-4-2-3-7(13)10(9)14/h2-4,8H,5H2,1H3,(H,15,17). The van der Waals surface area contributed by atoms with Crippen molar-refractivity contribution in [2.75, 3.05) is 10.7 Å². The summed E-state index contributed by atoms with van der Waals surface area (Å²) in [6.07, 6.45) is 0. The molecule has 4 nitrogen and oxygen atoms in total. The normalized spacial score (nSPS) is 19.1. The molecule has 8 heteroatoms. The highest BCUT2D eigenvalue weighted by Crippen LogP contribution is 2.29. The molecule has 1 saturated heterocycles. The fraction of sp³-hybridized carbons (Fsp3) is 0.250. The van der Waals surface area contributed by atoms with Gasteiger partial charge in [0.2, 0.25) is 5.91 Å². The number of carbonyl (C=O) groups excluding carboxylic acids is 2. The number of amides is 2. The minimum absolute atomic E-state index is 0.126. The van der Waals surface area contributed by atoms with Gasteiger partial charge in [-0.25, -0.2) is 8.78 Å². The van der Waals surface area contributed by atoms with Crippen LogP contribution in [-0.2, 0) is 9.59 Å². The van der Waals surface area contributed by atoms with Crippen LogP contribution in [0.4, 0.5) is 14.5 Å². The molecule has 20 heavy (non-hydrogen) atoms. The van der Waals surface area contributed by atoms with Crippen LogP contribution in [0.15, 0.2) is 18.2 Å². The van der Waals surface area contributed by atoms with E-state index in [1.54, 1.807) is 0 Å². The first-order chi connectivity index (χ1) is 9.41. The van der Waals surface area contributed by atoms with Gasteiger partial charge in [-0.15, -0.1) is 0 Å². The molecule has 0 aliphatic carbocycles. The van der Waals surface area contributed by atoms with Crippen molar-refractivity contribution in [3.63, 3.8) is 0 Å². The molecule has 106 valence electrons. The van der Waals surface area contributed by atoms with Crippen LogP contribution in [0.3, 0.4) is 0 Å². The van der Waals surface area contributed by atoms with Crippen LogP contribution in [-0.4, -0.2) is 27.9 Å².